The first-order valence-electron chi connectivity index (χ1n) is 13.0. The Morgan fingerprint density at radius 3 is 2.53 bits per heavy atom. The minimum absolute atomic E-state index is 0.0538. The van der Waals surface area contributed by atoms with Crippen LogP contribution in [0.25, 0.3) is 0 Å². The lowest BCUT2D eigenvalue weighted by molar-refractivity contribution is -0.129. The zero-order valence-corrected chi connectivity index (χ0v) is 24.0. The highest BCUT2D eigenvalue weighted by Gasteiger charge is 2.51. The van der Waals surface area contributed by atoms with Crippen LogP contribution in [0.5, 0.6) is 11.5 Å². The van der Waals surface area contributed by atoms with Gasteiger partial charge in [0.15, 0.2) is 11.5 Å². The minimum atomic E-state index is -0.898. The third kappa shape index (κ3) is 4.68. The van der Waals surface area contributed by atoms with Crippen molar-refractivity contribution in [2.24, 2.45) is 11.3 Å². The van der Waals surface area contributed by atoms with Crippen molar-refractivity contribution < 1.29 is 19.1 Å². The van der Waals surface area contributed by atoms with E-state index < -0.39 is 5.79 Å². The second kappa shape index (κ2) is 9.83. The second-order valence-corrected chi connectivity index (χ2v) is 12.4. The molecule has 2 fully saturated rings. The molecular weight excluding hydrogens is 526 g/mol. The number of pyridine rings is 1. The Balaban J connectivity index is 1.31. The summed E-state index contributed by atoms with van der Waals surface area (Å²) in [5.74, 6) is 0.0571. The molecule has 10 heteroatoms. The lowest BCUT2D eigenvalue weighted by atomic mass is 9.68. The van der Waals surface area contributed by atoms with Crippen LogP contribution in [0.3, 0.4) is 0 Å². The molecule has 2 aromatic rings. The first kappa shape index (κ1) is 26.9. The van der Waals surface area contributed by atoms with E-state index in [1.54, 1.807) is 6.07 Å². The van der Waals surface area contributed by atoms with E-state index in [9.17, 15) is 14.4 Å². The van der Waals surface area contributed by atoms with Crippen LogP contribution < -0.4 is 20.3 Å². The van der Waals surface area contributed by atoms with Crippen LogP contribution in [-0.2, 0) is 11.3 Å². The Morgan fingerprint density at radius 1 is 1.21 bits per heavy atom. The number of halogens is 1. The number of nitrogens with zero attached hydrogens (tertiary/aromatic N) is 1. The van der Waals surface area contributed by atoms with E-state index in [1.165, 1.54) is 11.8 Å². The van der Waals surface area contributed by atoms with Crippen LogP contribution in [0.2, 0.25) is 5.02 Å². The summed E-state index contributed by atoms with van der Waals surface area (Å²) in [6.07, 6.45) is 6.18. The number of hydrogen-bond acceptors (Lipinski definition) is 6. The van der Waals surface area contributed by atoms with Crippen molar-refractivity contribution in [1.82, 2.24) is 15.2 Å². The van der Waals surface area contributed by atoms with E-state index in [-0.39, 0.29) is 35.3 Å². The van der Waals surface area contributed by atoms with Gasteiger partial charge in [0, 0.05) is 66.7 Å². The number of nitrogens with one attached hydrogen (secondary N) is 2. The molecule has 2 N–H and O–H groups in total. The number of aromatic nitrogens is 1. The number of ether oxygens (including phenoxy) is 2. The third-order valence-electron chi connectivity index (χ3n) is 8.48. The summed E-state index contributed by atoms with van der Waals surface area (Å²) in [6, 6.07) is 3.50. The fourth-order valence-electron chi connectivity index (χ4n) is 6.24. The van der Waals surface area contributed by atoms with E-state index in [0.29, 0.717) is 39.6 Å². The van der Waals surface area contributed by atoms with Crippen LogP contribution in [0.4, 0.5) is 0 Å². The average Bonchev–Trinajstić information content (AvgIpc) is 3.37. The highest BCUT2D eigenvalue weighted by atomic mass is 35.5. The number of aryl methyl sites for hydroxylation is 1. The zero-order chi connectivity index (χ0) is 27.4. The number of rotatable bonds is 5. The highest BCUT2D eigenvalue weighted by molar-refractivity contribution is 7.98. The maximum atomic E-state index is 13.2. The number of hydrogen-bond donors (Lipinski definition) is 2. The SMILES string of the molecule is CSc1cc(C)[nH]c(=O)c1CNC(=O)c1cc(Cl)c2c(c1C)OC(C)(C1CCC3(CC1)CC(=O)N(C)C3)O2. The standard InChI is InChI=1S/C28H34ClN3O5S/c1-15-10-21(38-5)19(26(35)31-15)13-30-25(34)18-11-20(29)24-23(16(18)2)36-27(3,37-24)17-6-8-28(9-7-17)12-22(33)32(4)14-28/h10-11,17H,6-9,12-14H2,1-5H3,(H,30,34)(H,31,35). The summed E-state index contributed by atoms with van der Waals surface area (Å²) in [5.41, 5.74) is 2.15. The van der Waals surface area contributed by atoms with Gasteiger partial charge in [0.25, 0.3) is 17.3 Å². The molecule has 0 bridgehead atoms. The van der Waals surface area contributed by atoms with E-state index in [1.807, 2.05) is 45.0 Å². The molecule has 0 radical (unpaired) electrons. The number of likely N-dealkylation sites (tertiary alicyclic amines) is 1. The molecule has 38 heavy (non-hydrogen) atoms. The number of amides is 2. The van der Waals surface area contributed by atoms with E-state index in [2.05, 4.69) is 10.3 Å². The monoisotopic (exact) mass is 559 g/mol. The minimum Gasteiger partial charge on any atom is -0.448 e. The number of carbonyl (C=O) groups is 2. The number of H-pyrrole nitrogens is 1. The van der Waals surface area contributed by atoms with Gasteiger partial charge in [-0.2, -0.15) is 0 Å². The number of fused-ring (bicyclic) bond motifs is 1. The van der Waals surface area contributed by atoms with Crippen molar-refractivity contribution in [1.29, 1.82) is 0 Å². The smallest absolute Gasteiger partial charge is 0.254 e. The Kier molecular flexibility index (Phi) is 6.97. The summed E-state index contributed by atoms with van der Waals surface area (Å²) in [6.45, 7) is 6.49. The molecule has 3 heterocycles. The van der Waals surface area contributed by atoms with Crippen molar-refractivity contribution in [3.63, 3.8) is 0 Å². The van der Waals surface area contributed by atoms with Crippen molar-refractivity contribution in [2.45, 2.75) is 70.1 Å². The summed E-state index contributed by atoms with van der Waals surface area (Å²) in [4.78, 5) is 43.3. The van der Waals surface area contributed by atoms with Gasteiger partial charge in [-0.05, 0) is 63.3 Å². The molecule has 1 aromatic heterocycles. The maximum absolute atomic E-state index is 13.2. The molecule has 2 amide bonds. The largest absolute Gasteiger partial charge is 0.448 e. The molecule has 3 aliphatic rings. The first-order valence-corrected chi connectivity index (χ1v) is 14.6. The van der Waals surface area contributed by atoms with Gasteiger partial charge in [-0.1, -0.05) is 11.6 Å². The van der Waals surface area contributed by atoms with Crippen LogP contribution in [-0.4, -0.2) is 47.3 Å². The predicted molar refractivity (Wildman–Crippen MR) is 147 cm³/mol. The van der Waals surface area contributed by atoms with E-state index in [0.717, 1.165) is 42.8 Å². The first-order chi connectivity index (χ1) is 17.9. The second-order valence-electron chi connectivity index (χ2n) is 11.1. The summed E-state index contributed by atoms with van der Waals surface area (Å²) < 4.78 is 12.8. The summed E-state index contributed by atoms with van der Waals surface area (Å²) in [5, 5.41) is 3.18. The number of carbonyl (C=O) groups excluding carboxylic acids is 2. The van der Waals surface area contributed by atoms with Crippen molar-refractivity contribution in [2.75, 3.05) is 19.8 Å². The van der Waals surface area contributed by atoms with Crippen molar-refractivity contribution >= 4 is 35.2 Å². The molecule has 1 aromatic carbocycles. The number of thioether (sulfide) groups is 1. The van der Waals surface area contributed by atoms with Gasteiger partial charge in [0.05, 0.1) is 5.02 Å². The average molecular weight is 560 g/mol. The molecule has 8 nitrogen and oxygen atoms in total. The Hall–Kier alpha value is -2.65. The molecule has 1 saturated carbocycles. The molecule has 5 rings (SSSR count). The molecule has 1 atom stereocenters. The maximum Gasteiger partial charge on any atom is 0.254 e. The predicted octanol–water partition coefficient (Wildman–Crippen LogP) is 4.82. The fraction of sp³-hybridized carbons (Fsp3) is 0.536. The van der Waals surface area contributed by atoms with E-state index in [4.69, 9.17) is 21.1 Å². The van der Waals surface area contributed by atoms with Gasteiger partial charge in [0.1, 0.15) is 0 Å². The van der Waals surface area contributed by atoms with Crippen LogP contribution in [0, 0.1) is 25.2 Å². The molecule has 2 aliphatic heterocycles. The third-order valence-corrected chi connectivity index (χ3v) is 9.57. The van der Waals surface area contributed by atoms with Crippen LogP contribution in [0.1, 0.15) is 66.2 Å². The molecule has 204 valence electrons. The van der Waals surface area contributed by atoms with Gasteiger partial charge in [-0.25, -0.2) is 0 Å². The van der Waals surface area contributed by atoms with Crippen LogP contribution >= 0.6 is 23.4 Å². The Bertz CT molecular complexity index is 1370. The van der Waals surface area contributed by atoms with Gasteiger partial charge in [0.2, 0.25) is 5.91 Å². The van der Waals surface area contributed by atoms with Gasteiger partial charge in [-0.15, -0.1) is 11.8 Å². The molecule has 1 spiro atoms. The topological polar surface area (TPSA) is 101 Å². The molecule has 1 aliphatic carbocycles. The highest BCUT2D eigenvalue weighted by Crippen LogP contribution is 2.54. The lowest BCUT2D eigenvalue weighted by Gasteiger charge is -2.41. The summed E-state index contributed by atoms with van der Waals surface area (Å²) >= 11 is 8.07. The molecular formula is C28H34ClN3O5S. The Labute approximate surface area is 231 Å². The van der Waals surface area contributed by atoms with E-state index >= 15 is 0 Å². The van der Waals surface area contributed by atoms with Gasteiger partial charge >= 0.3 is 0 Å². The van der Waals surface area contributed by atoms with Crippen LogP contribution in [0.15, 0.2) is 21.8 Å². The quantitative estimate of drug-likeness (QED) is 0.509. The van der Waals surface area contributed by atoms with Gasteiger partial charge in [-0.3, -0.25) is 14.4 Å². The fourth-order valence-corrected chi connectivity index (χ4v) is 7.18. The Morgan fingerprint density at radius 2 is 1.89 bits per heavy atom. The lowest BCUT2D eigenvalue weighted by Crippen LogP contribution is -2.46. The van der Waals surface area contributed by atoms with Crippen molar-refractivity contribution in [3.05, 3.63) is 49.9 Å². The summed E-state index contributed by atoms with van der Waals surface area (Å²) in [7, 11) is 1.88. The van der Waals surface area contributed by atoms with Gasteiger partial charge < -0.3 is 24.7 Å². The normalized spacial score (nSPS) is 26.3. The number of benzene rings is 1. The molecule has 1 saturated heterocycles. The number of aromatic amines is 1. The molecule has 1 unspecified atom stereocenters. The van der Waals surface area contributed by atoms with Crippen molar-refractivity contribution in [3.8, 4) is 11.5 Å². The zero-order valence-electron chi connectivity index (χ0n) is 22.5.